The molecule has 0 aliphatic heterocycles. The second-order valence-corrected chi connectivity index (χ2v) is 6.08. The molecule has 0 saturated carbocycles. The Labute approximate surface area is 156 Å². The van der Waals surface area contributed by atoms with E-state index >= 15 is 0 Å². The maximum Gasteiger partial charge on any atom is 0.407 e. The number of ether oxygens (including phenoxy) is 1. The molecule has 0 fully saturated rings. The van der Waals surface area contributed by atoms with Crippen LogP contribution in [0.1, 0.15) is 32.3 Å². The minimum absolute atomic E-state index is 0. The molecule has 0 saturated heterocycles. The third-order valence-electron chi connectivity index (χ3n) is 3.91. The summed E-state index contributed by atoms with van der Waals surface area (Å²) < 4.78 is 4.59. The van der Waals surface area contributed by atoms with Gasteiger partial charge in [-0.05, 0) is 30.7 Å². The van der Waals surface area contributed by atoms with Gasteiger partial charge >= 0.3 is 6.09 Å². The van der Waals surface area contributed by atoms with Crippen molar-refractivity contribution >= 4 is 24.4 Å². The van der Waals surface area contributed by atoms with Crippen molar-refractivity contribution in [3.05, 3.63) is 35.9 Å². The summed E-state index contributed by atoms with van der Waals surface area (Å²) >= 11 is 0. The van der Waals surface area contributed by atoms with Crippen LogP contribution in [-0.2, 0) is 16.0 Å². The number of rotatable bonds is 9. The zero-order chi connectivity index (χ0) is 17.9. The number of nitrogens with zero attached hydrogens (tertiary/aromatic N) is 1. The van der Waals surface area contributed by atoms with Gasteiger partial charge in [0.2, 0.25) is 5.91 Å². The topological polar surface area (TPSA) is 84.7 Å². The van der Waals surface area contributed by atoms with Crippen LogP contribution in [-0.4, -0.2) is 43.3 Å². The Morgan fingerprint density at radius 3 is 2.36 bits per heavy atom. The molecule has 1 atom stereocenters. The van der Waals surface area contributed by atoms with Crippen molar-refractivity contribution in [2.45, 2.75) is 39.2 Å². The monoisotopic (exact) mass is 371 g/mol. The predicted molar refractivity (Wildman–Crippen MR) is 102 cm³/mol. The molecule has 1 aromatic rings. The summed E-state index contributed by atoms with van der Waals surface area (Å²) in [5.41, 5.74) is 7.02. The number of hydrogen-bond acceptors (Lipinski definition) is 4. The number of methoxy groups -OCH3 is 1. The van der Waals surface area contributed by atoms with Gasteiger partial charge in [-0.3, -0.25) is 4.79 Å². The number of benzene rings is 1. The lowest BCUT2D eigenvalue weighted by atomic mass is 10.0. The number of aryl methyl sites for hydroxylation is 1. The average molecular weight is 372 g/mol. The summed E-state index contributed by atoms with van der Waals surface area (Å²) in [6, 6.07) is 9.61. The van der Waals surface area contributed by atoms with Gasteiger partial charge in [-0.25, -0.2) is 4.79 Å². The molecule has 0 aromatic heterocycles. The first-order chi connectivity index (χ1) is 11.5. The van der Waals surface area contributed by atoms with Crippen molar-refractivity contribution < 1.29 is 14.3 Å². The van der Waals surface area contributed by atoms with E-state index in [1.807, 2.05) is 32.0 Å². The van der Waals surface area contributed by atoms with Gasteiger partial charge in [0.1, 0.15) is 6.04 Å². The summed E-state index contributed by atoms with van der Waals surface area (Å²) in [5, 5.41) is 2.59. The van der Waals surface area contributed by atoms with Gasteiger partial charge in [0, 0.05) is 6.54 Å². The quantitative estimate of drug-likeness (QED) is 0.516. The summed E-state index contributed by atoms with van der Waals surface area (Å²) in [6.45, 7) is 4.47. The van der Waals surface area contributed by atoms with Crippen LogP contribution < -0.4 is 11.1 Å². The maximum absolute atomic E-state index is 12.6. The molecule has 0 spiro atoms. The summed E-state index contributed by atoms with van der Waals surface area (Å²) in [7, 11) is 1.28. The third-order valence-corrected chi connectivity index (χ3v) is 3.91. The average Bonchev–Trinajstić information content (AvgIpc) is 2.59. The van der Waals surface area contributed by atoms with Gasteiger partial charge < -0.3 is 20.7 Å². The van der Waals surface area contributed by atoms with Crippen molar-refractivity contribution in [2.24, 2.45) is 11.7 Å². The van der Waals surface area contributed by atoms with E-state index < -0.39 is 12.1 Å². The van der Waals surface area contributed by atoms with Crippen molar-refractivity contribution in [3.8, 4) is 0 Å². The summed E-state index contributed by atoms with van der Waals surface area (Å²) in [4.78, 5) is 25.6. The third kappa shape index (κ3) is 8.23. The number of alkyl carbamates (subject to hydrolysis) is 1. The zero-order valence-electron chi connectivity index (χ0n) is 15.2. The van der Waals surface area contributed by atoms with Crippen LogP contribution in [0.5, 0.6) is 0 Å². The molecule has 0 bridgehead atoms. The zero-order valence-corrected chi connectivity index (χ0v) is 16.1. The lowest BCUT2D eigenvalue weighted by Gasteiger charge is -2.28. The summed E-state index contributed by atoms with van der Waals surface area (Å²) in [5.74, 6) is -0.215. The summed E-state index contributed by atoms with van der Waals surface area (Å²) in [6.07, 6.45) is 2.20. The Morgan fingerprint density at radius 1 is 1.20 bits per heavy atom. The Kier molecular flexibility index (Phi) is 11.7. The smallest absolute Gasteiger partial charge is 0.407 e. The number of unbranched alkanes of at least 4 members (excludes halogenated alkanes) is 1. The van der Waals surface area contributed by atoms with E-state index in [1.165, 1.54) is 12.7 Å². The lowest BCUT2D eigenvalue weighted by molar-refractivity contribution is -0.134. The van der Waals surface area contributed by atoms with Gasteiger partial charge in [0.05, 0.1) is 13.8 Å². The lowest BCUT2D eigenvalue weighted by Crippen LogP contribution is -2.52. The molecule has 0 aliphatic rings. The minimum Gasteiger partial charge on any atom is -0.453 e. The molecule has 7 heteroatoms. The van der Waals surface area contributed by atoms with E-state index in [1.54, 1.807) is 4.90 Å². The molecule has 25 heavy (non-hydrogen) atoms. The molecule has 3 N–H and O–H groups in total. The molecular weight excluding hydrogens is 342 g/mol. The fourth-order valence-corrected chi connectivity index (χ4v) is 2.46. The van der Waals surface area contributed by atoms with E-state index in [2.05, 4.69) is 22.2 Å². The van der Waals surface area contributed by atoms with Crippen molar-refractivity contribution in [1.29, 1.82) is 0 Å². The number of carbonyl (C=O) groups is 2. The van der Waals surface area contributed by atoms with Gasteiger partial charge in [0.15, 0.2) is 0 Å². The molecule has 1 unspecified atom stereocenters. The molecule has 142 valence electrons. The number of halogens is 1. The molecule has 2 amide bonds. The number of amides is 2. The first kappa shape index (κ1) is 23.2. The normalized spacial score (nSPS) is 11.4. The van der Waals surface area contributed by atoms with Crippen LogP contribution in [0.3, 0.4) is 0 Å². The highest BCUT2D eigenvalue weighted by atomic mass is 35.5. The van der Waals surface area contributed by atoms with E-state index in [0.717, 1.165) is 19.3 Å². The Bertz CT molecular complexity index is 512. The van der Waals surface area contributed by atoms with E-state index in [9.17, 15) is 9.59 Å². The van der Waals surface area contributed by atoms with Crippen LogP contribution in [0.15, 0.2) is 30.3 Å². The first-order valence-electron chi connectivity index (χ1n) is 8.36. The van der Waals surface area contributed by atoms with E-state index in [0.29, 0.717) is 6.54 Å². The highest BCUT2D eigenvalue weighted by Crippen LogP contribution is 2.09. The molecule has 0 aliphatic carbocycles. The van der Waals surface area contributed by atoms with Gasteiger partial charge in [-0.15, -0.1) is 12.4 Å². The Hall–Kier alpha value is -1.79. The van der Waals surface area contributed by atoms with Gasteiger partial charge in [-0.2, -0.15) is 0 Å². The Morgan fingerprint density at radius 2 is 1.84 bits per heavy atom. The number of hydrogen-bond donors (Lipinski definition) is 2. The minimum atomic E-state index is -0.630. The second-order valence-electron chi connectivity index (χ2n) is 6.08. The van der Waals surface area contributed by atoms with Crippen LogP contribution in [0.4, 0.5) is 4.79 Å². The van der Waals surface area contributed by atoms with Crippen LogP contribution in [0.25, 0.3) is 0 Å². The van der Waals surface area contributed by atoms with Crippen molar-refractivity contribution in [2.75, 3.05) is 20.3 Å². The first-order valence-corrected chi connectivity index (χ1v) is 8.36. The SMILES string of the molecule is COC(=O)NC(C(=O)N(CN)CCCCc1ccccc1)C(C)C.Cl. The fourth-order valence-electron chi connectivity index (χ4n) is 2.46. The Balaban J connectivity index is 0.00000576. The number of nitrogens with two attached hydrogens (primary N) is 1. The highest BCUT2D eigenvalue weighted by Gasteiger charge is 2.28. The van der Waals surface area contributed by atoms with Crippen LogP contribution in [0.2, 0.25) is 0 Å². The van der Waals surface area contributed by atoms with Crippen LogP contribution in [0, 0.1) is 5.92 Å². The van der Waals surface area contributed by atoms with Crippen molar-refractivity contribution in [3.63, 3.8) is 0 Å². The number of carbonyl (C=O) groups excluding carboxylic acids is 2. The fraction of sp³-hybridized carbons (Fsp3) is 0.556. The van der Waals surface area contributed by atoms with E-state index in [-0.39, 0.29) is 30.9 Å². The molecule has 0 heterocycles. The molecule has 1 aromatic carbocycles. The highest BCUT2D eigenvalue weighted by molar-refractivity contribution is 5.86. The molecular formula is C18H30ClN3O3. The predicted octanol–water partition coefficient (Wildman–Crippen LogP) is 2.56. The van der Waals surface area contributed by atoms with Crippen molar-refractivity contribution in [1.82, 2.24) is 10.2 Å². The number of nitrogens with one attached hydrogen (secondary N) is 1. The van der Waals surface area contributed by atoms with E-state index in [4.69, 9.17) is 5.73 Å². The van der Waals surface area contributed by atoms with Crippen LogP contribution >= 0.6 is 12.4 Å². The molecule has 0 radical (unpaired) electrons. The van der Waals surface area contributed by atoms with Gasteiger partial charge in [0.25, 0.3) is 0 Å². The van der Waals surface area contributed by atoms with Gasteiger partial charge in [-0.1, -0.05) is 44.2 Å². The molecule has 1 rings (SSSR count). The largest absolute Gasteiger partial charge is 0.453 e. The second kappa shape index (κ2) is 12.6. The standard InChI is InChI=1S/C18H29N3O3.ClH/c1-14(2)16(20-18(23)24-3)17(22)21(13-19)12-8-7-11-15-9-5-4-6-10-15;/h4-6,9-10,14,16H,7-8,11-13,19H2,1-3H3,(H,20,23);1H. The maximum atomic E-state index is 12.6. The molecule has 6 nitrogen and oxygen atoms in total.